The molecule has 100 valence electrons. The van der Waals surface area contributed by atoms with E-state index < -0.39 is 15.1 Å². The Bertz CT molecular complexity index is 717. The van der Waals surface area contributed by atoms with Crippen molar-refractivity contribution in [1.82, 2.24) is 0 Å². The lowest BCUT2D eigenvalue weighted by Crippen LogP contribution is -1.92. The Balaban J connectivity index is 2.31. The van der Waals surface area contributed by atoms with E-state index in [9.17, 15) is 12.3 Å². The largest absolute Gasteiger partial charge is 0.457 e. The standard InChI is InChI=1S/C12H7Cl2FO3S/c13-11-5-4-9(7-12(11)14)18-8-2-1-3-10(6-8)19(15,16)17/h1-7H. The average molecular weight is 321 g/mol. The Kier molecular flexibility index (Phi) is 3.99. The number of rotatable bonds is 3. The normalized spacial score (nSPS) is 11.3. The van der Waals surface area contributed by atoms with Gasteiger partial charge in [-0.15, -0.1) is 3.89 Å². The molecule has 0 spiro atoms. The Morgan fingerprint density at radius 2 is 1.63 bits per heavy atom. The molecule has 2 rings (SSSR count). The maximum absolute atomic E-state index is 12.8. The molecule has 0 fully saturated rings. The molecule has 0 saturated heterocycles. The number of halogens is 3. The summed E-state index contributed by atoms with van der Waals surface area (Å²) in [5, 5.41) is 0.669. The van der Waals surface area contributed by atoms with Crippen LogP contribution >= 0.6 is 23.2 Å². The van der Waals surface area contributed by atoms with E-state index in [-0.39, 0.29) is 5.75 Å². The summed E-state index contributed by atoms with van der Waals surface area (Å²) in [6.07, 6.45) is 0. The van der Waals surface area contributed by atoms with Gasteiger partial charge in [-0.25, -0.2) is 0 Å². The van der Waals surface area contributed by atoms with Crippen LogP contribution in [0.2, 0.25) is 10.0 Å². The van der Waals surface area contributed by atoms with Crippen molar-refractivity contribution in [3.05, 3.63) is 52.5 Å². The zero-order valence-electron chi connectivity index (χ0n) is 9.31. The lowest BCUT2D eigenvalue weighted by atomic mass is 10.3. The summed E-state index contributed by atoms with van der Waals surface area (Å²) < 4.78 is 39.8. The van der Waals surface area contributed by atoms with Gasteiger partial charge in [0.05, 0.1) is 10.0 Å². The lowest BCUT2D eigenvalue weighted by molar-refractivity contribution is 0.480. The first-order valence-corrected chi connectivity index (χ1v) is 7.18. The molecular formula is C12H7Cl2FO3S. The molecule has 0 atom stereocenters. The smallest absolute Gasteiger partial charge is 0.332 e. The van der Waals surface area contributed by atoms with E-state index in [1.54, 1.807) is 6.07 Å². The van der Waals surface area contributed by atoms with Gasteiger partial charge in [0.25, 0.3) is 0 Å². The molecule has 0 aliphatic rings. The minimum atomic E-state index is -4.76. The molecule has 19 heavy (non-hydrogen) atoms. The Hall–Kier alpha value is -1.30. The molecule has 2 aromatic carbocycles. The van der Waals surface area contributed by atoms with Crippen molar-refractivity contribution in [2.24, 2.45) is 0 Å². The predicted molar refractivity (Wildman–Crippen MR) is 71.3 cm³/mol. The van der Waals surface area contributed by atoms with Crippen LogP contribution in [0.3, 0.4) is 0 Å². The minimum absolute atomic E-state index is 0.178. The van der Waals surface area contributed by atoms with Crippen LogP contribution in [0.5, 0.6) is 11.5 Å². The van der Waals surface area contributed by atoms with Gasteiger partial charge >= 0.3 is 10.2 Å². The number of benzene rings is 2. The highest BCUT2D eigenvalue weighted by Gasteiger charge is 2.12. The molecule has 3 nitrogen and oxygen atoms in total. The molecule has 0 aliphatic heterocycles. The predicted octanol–water partition coefficient (Wildman–Crippen LogP) is 4.44. The first-order valence-electron chi connectivity index (χ1n) is 5.04. The van der Waals surface area contributed by atoms with Crippen molar-refractivity contribution in [2.45, 2.75) is 4.90 Å². The summed E-state index contributed by atoms with van der Waals surface area (Å²) in [4.78, 5) is -0.468. The van der Waals surface area contributed by atoms with Crippen molar-refractivity contribution in [2.75, 3.05) is 0 Å². The SMILES string of the molecule is O=S(=O)(F)c1cccc(Oc2ccc(Cl)c(Cl)c2)c1. The molecule has 0 N–H and O–H groups in total. The van der Waals surface area contributed by atoms with Gasteiger partial charge in [-0.3, -0.25) is 0 Å². The third kappa shape index (κ3) is 3.59. The zero-order chi connectivity index (χ0) is 14.0. The maximum Gasteiger partial charge on any atom is 0.332 e. The molecule has 0 unspecified atom stereocenters. The molecule has 0 aromatic heterocycles. The van der Waals surface area contributed by atoms with Crippen LogP contribution in [0.4, 0.5) is 3.89 Å². The fraction of sp³-hybridized carbons (Fsp3) is 0. The first kappa shape index (κ1) is 14.1. The average Bonchev–Trinajstić information content (AvgIpc) is 2.33. The van der Waals surface area contributed by atoms with Gasteiger partial charge in [0, 0.05) is 12.1 Å². The second kappa shape index (κ2) is 5.36. The van der Waals surface area contributed by atoms with Crippen molar-refractivity contribution < 1.29 is 17.0 Å². The van der Waals surface area contributed by atoms with E-state index in [0.29, 0.717) is 15.8 Å². The molecule has 7 heteroatoms. The highest BCUT2D eigenvalue weighted by Crippen LogP contribution is 2.30. The molecule has 0 saturated carbocycles. The van der Waals surface area contributed by atoms with Crippen molar-refractivity contribution in [1.29, 1.82) is 0 Å². The molecule has 2 aromatic rings. The van der Waals surface area contributed by atoms with E-state index in [2.05, 4.69) is 0 Å². The Morgan fingerprint density at radius 1 is 0.947 bits per heavy atom. The number of hydrogen-bond donors (Lipinski definition) is 0. The van der Waals surface area contributed by atoms with Crippen LogP contribution in [-0.4, -0.2) is 8.42 Å². The van der Waals surface area contributed by atoms with Crippen molar-refractivity contribution in [3.8, 4) is 11.5 Å². The molecule has 0 aliphatic carbocycles. The van der Waals surface area contributed by atoms with E-state index in [0.717, 1.165) is 12.1 Å². The van der Waals surface area contributed by atoms with Gasteiger partial charge in [0.1, 0.15) is 16.4 Å². The van der Waals surface area contributed by atoms with Crippen LogP contribution < -0.4 is 4.74 Å². The van der Waals surface area contributed by atoms with Gasteiger partial charge in [-0.05, 0) is 24.3 Å². The summed E-state index contributed by atoms with van der Waals surface area (Å²) >= 11 is 11.6. The van der Waals surface area contributed by atoms with E-state index in [4.69, 9.17) is 27.9 Å². The molecular weight excluding hydrogens is 314 g/mol. The minimum Gasteiger partial charge on any atom is -0.457 e. The highest BCUT2D eigenvalue weighted by molar-refractivity contribution is 7.86. The van der Waals surface area contributed by atoms with Crippen LogP contribution in [-0.2, 0) is 10.2 Å². The zero-order valence-corrected chi connectivity index (χ0v) is 11.6. The van der Waals surface area contributed by atoms with Gasteiger partial charge in [0.15, 0.2) is 0 Å². The van der Waals surface area contributed by atoms with Crippen LogP contribution in [0.15, 0.2) is 47.4 Å². The Morgan fingerprint density at radius 3 is 2.26 bits per heavy atom. The monoisotopic (exact) mass is 320 g/mol. The molecule has 0 radical (unpaired) electrons. The van der Waals surface area contributed by atoms with Crippen LogP contribution in [0.25, 0.3) is 0 Å². The van der Waals surface area contributed by atoms with E-state index in [1.807, 2.05) is 0 Å². The summed E-state index contributed by atoms with van der Waals surface area (Å²) in [5.74, 6) is 0.542. The van der Waals surface area contributed by atoms with E-state index >= 15 is 0 Å². The molecule has 0 amide bonds. The third-order valence-electron chi connectivity index (χ3n) is 2.21. The highest BCUT2D eigenvalue weighted by atomic mass is 35.5. The van der Waals surface area contributed by atoms with Crippen molar-refractivity contribution >= 4 is 33.4 Å². The number of ether oxygens (including phenoxy) is 1. The number of hydrogen-bond acceptors (Lipinski definition) is 3. The summed E-state index contributed by atoms with van der Waals surface area (Å²) in [6.45, 7) is 0. The van der Waals surface area contributed by atoms with Gasteiger partial charge < -0.3 is 4.74 Å². The summed E-state index contributed by atoms with van der Waals surface area (Å²) in [5.41, 5.74) is 0. The first-order chi connectivity index (χ1) is 8.86. The van der Waals surface area contributed by atoms with E-state index in [1.165, 1.54) is 24.3 Å². The van der Waals surface area contributed by atoms with Crippen LogP contribution in [0.1, 0.15) is 0 Å². The topological polar surface area (TPSA) is 43.4 Å². The maximum atomic E-state index is 12.8. The fourth-order valence-corrected chi connectivity index (χ4v) is 2.15. The quantitative estimate of drug-likeness (QED) is 0.785. The second-order valence-electron chi connectivity index (χ2n) is 3.59. The molecule has 0 bridgehead atoms. The summed E-state index contributed by atoms with van der Waals surface area (Å²) in [6, 6.07) is 9.66. The van der Waals surface area contributed by atoms with Gasteiger partial charge in [-0.1, -0.05) is 29.3 Å². The second-order valence-corrected chi connectivity index (χ2v) is 5.75. The van der Waals surface area contributed by atoms with Crippen LogP contribution in [0, 0.1) is 0 Å². The molecule has 0 heterocycles. The third-order valence-corrected chi connectivity index (χ3v) is 3.77. The van der Waals surface area contributed by atoms with Gasteiger partial charge in [0.2, 0.25) is 0 Å². The van der Waals surface area contributed by atoms with Crippen molar-refractivity contribution in [3.63, 3.8) is 0 Å². The van der Waals surface area contributed by atoms with Gasteiger partial charge in [-0.2, -0.15) is 8.42 Å². The fourth-order valence-electron chi connectivity index (χ4n) is 1.37. The summed E-state index contributed by atoms with van der Waals surface area (Å²) in [7, 11) is -4.76. The Labute approximate surface area is 119 Å². The lowest BCUT2D eigenvalue weighted by Gasteiger charge is -2.07.